The monoisotopic (exact) mass is 375 g/mol. The van der Waals surface area contributed by atoms with Gasteiger partial charge < -0.3 is 14.4 Å². The number of amides is 1. The van der Waals surface area contributed by atoms with Crippen molar-refractivity contribution in [3.05, 3.63) is 66.5 Å². The summed E-state index contributed by atoms with van der Waals surface area (Å²) in [7, 11) is 1.59. The van der Waals surface area contributed by atoms with Gasteiger partial charge in [-0.25, -0.2) is 9.97 Å². The predicted octanol–water partition coefficient (Wildman–Crippen LogP) is 4.18. The lowest BCUT2D eigenvalue weighted by Crippen LogP contribution is -2.27. The van der Waals surface area contributed by atoms with Crippen molar-refractivity contribution >= 4 is 5.91 Å². The summed E-state index contributed by atoms with van der Waals surface area (Å²) in [4.78, 5) is 23.1. The Bertz CT molecular complexity index is 984. The summed E-state index contributed by atoms with van der Waals surface area (Å²) < 4.78 is 11.2. The van der Waals surface area contributed by atoms with Crippen LogP contribution in [-0.4, -0.2) is 41.0 Å². The largest absolute Gasteiger partial charge is 0.493 e. The van der Waals surface area contributed by atoms with Gasteiger partial charge in [0.1, 0.15) is 6.33 Å². The summed E-state index contributed by atoms with van der Waals surface area (Å²) in [6.07, 6.45) is 3.59. The molecule has 0 aliphatic carbocycles. The fourth-order valence-electron chi connectivity index (χ4n) is 3.28. The summed E-state index contributed by atoms with van der Waals surface area (Å²) in [5.41, 5.74) is 2.21. The molecule has 2 heterocycles. The zero-order chi connectivity index (χ0) is 19.3. The maximum absolute atomic E-state index is 12.7. The van der Waals surface area contributed by atoms with Crippen molar-refractivity contribution in [2.75, 3.05) is 20.2 Å². The lowest BCUT2D eigenvalue weighted by atomic mass is 10.1. The predicted molar refractivity (Wildman–Crippen MR) is 106 cm³/mol. The van der Waals surface area contributed by atoms with Gasteiger partial charge in [0.15, 0.2) is 11.5 Å². The highest BCUT2D eigenvalue weighted by atomic mass is 16.5. The first-order chi connectivity index (χ1) is 13.7. The van der Waals surface area contributed by atoms with Gasteiger partial charge in [0.2, 0.25) is 5.88 Å². The number of likely N-dealkylation sites (tertiary alicyclic amines) is 1. The maximum Gasteiger partial charge on any atom is 0.253 e. The van der Waals surface area contributed by atoms with Crippen molar-refractivity contribution in [3.8, 4) is 28.6 Å². The van der Waals surface area contributed by atoms with Crippen LogP contribution in [0.4, 0.5) is 0 Å². The molecule has 6 heteroatoms. The molecule has 28 heavy (non-hydrogen) atoms. The average Bonchev–Trinajstić information content (AvgIpc) is 3.29. The lowest BCUT2D eigenvalue weighted by molar-refractivity contribution is 0.0793. The molecule has 1 aliphatic heterocycles. The Morgan fingerprint density at radius 2 is 1.75 bits per heavy atom. The van der Waals surface area contributed by atoms with Gasteiger partial charge >= 0.3 is 0 Å². The van der Waals surface area contributed by atoms with Crippen molar-refractivity contribution in [2.24, 2.45) is 0 Å². The van der Waals surface area contributed by atoms with Crippen molar-refractivity contribution in [3.63, 3.8) is 0 Å². The van der Waals surface area contributed by atoms with Gasteiger partial charge in [0.05, 0.1) is 12.8 Å². The van der Waals surface area contributed by atoms with E-state index in [0.717, 1.165) is 31.5 Å². The Labute approximate surface area is 163 Å². The highest BCUT2D eigenvalue weighted by Gasteiger charge is 2.19. The molecule has 1 aliphatic rings. The van der Waals surface area contributed by atoms with Crippen LogP contribution in [0.3, 0.4) is 0 Å². The molecular weight excluding hydrogens is 354 g/mol. The Balaban J connectivity index is 1.59. The fourth-order valence-corrected chi connectivity index (χ4v) is 3.28. The van der Waals surface area contributed by atoms with Crippen LogP contribution in [0.1, 0.15) is 23.2 Å². The number of para-hydroxylation sites is 2. The van der Waals surface area contributed by atoms with Gasteiger partial charge in [-0.2, -0.15) is 0 Å². The summed E-state index contributed by atoms with van der Waals surface area (Å²) in [5.74, 6) is 1.68. The quantitative estimate of drug-likeness (QED) is 0.669. The molecule has 0 N–H and O–H groups in total. The molecule has 0 atom stereocenters. The van der Waals surface area contributed by atoms with E-state index >= 15 is 0 Å². The van der Waals surface area contributed by atoms with Crippen molar-refractivity contribution < 1.29 is 14.3 Å². The minimum absolute atomic E-state index is 0.0684. The molecule has 0 bridgehead atoms. The van der Waals surface area contributed by atoms with Crippen LogP contribution in [0.15, 0.2) is 60.9 Å². The molecule has 0 spiro atoms. The van der Waals surface area contributed by atoms with Crippen LogP contribution in [-0.2, 0) is 0 Å². The molecule has 6 nitrogen and oxygen atoms in total. The Morgan fingerprint density at radius 1 is 0.964 bits per heavy atom. The van der Waals surface area contributed by atoms with Crippen LogP contribution in [0.25, 0.3) is 11.3 Å². The van der Waals surface area contributed by atoms with E-state index in [1.54, 1.807) is 13.2 Å². The molecule has 142 valence electrons. The highest BCUT2D eigenvalue weighted by Crippen LogP contribution is 2.31. The number of rotatable bonds is 5. The van der Waals surface area contributed by atoms with E-state index in [-0.39, 0.29) is 5.91 Å². The second kappa shape index (κ2) is 8.08. The SMILES string of the molecule is COc1ccccc1Oc1cc(-c2cccc(C(=O)N3CCCC3)c2)ncn1. The number of hydrogen-bond acceptors (Lipinski definition) is 5. The van der Waals surface area contributed by atoms with E-state index in [0.29, 0.717) is 28.6 Å². The molecule has 1 fully saturated rings. The Morgan fingerprint density at radius 3 is 2.54 bits per heavy atom. The van der Waals surface area contributed by atoms with Gasteiger partial charge in [0, 0.05) is 30.3 Å². The second-order valence-corrected chi connectivity index (χ2v) is 6.57. The number of ether oxygens (including phenoxy) is 2. The number of benzene rings is 2. The maximum atomic E-state index is 12.7. The van der Waals surface area contributed by atoms with Gasteiger partial charge in [-0.1, -0.05) is 24.3 Å². The fraction of sp³-hybridized carbons (Fsp3) is 0.227. The third-order valence-corrected chi connectivity index (χ3v) is 4.72. The van der Waals surface area contributed by atoms with Crippen LogP contribution < -0.4 is 9.47 Å². The second-order valence-electron chi connectivity index (χ2n) is 6.57. The van der Waals surface area contributed by atoms with Crippen molar-refractivity contribution in [1.82, 2.24) is 14.9 Å². The lowest BCUT2D eigenvalue weighted by Gasteiger charge is -2.15. The Kier molecular flexibility index (Phi) is 5.19. The summed E-state index contributed by atoms with van der Waals surface area (Å²) in [6, 6.07) is 16.7. The first-order valence-electron chi connectivity index (χ1n) is 9.27. The van der Waals surface area contributed by atoms with Crippen LogP contribution in [0, 0.1) is 0 Å². The summed E-state index contributed by atoms with van der Waals surface area (Å²) in [6.45, 7) is 1.65. The third kappa shape index (κ3) is 3.81. The number of nitrogens with zero attached hydrogens (tertiary/aromatic N) is 3. The zero-order valence-electron chi connectivity index (χ0n) is 15.7. The van der Waals surface area contributed by atoms with Gasteiger partial charge in [-0.05, 0) is 37.1 Å². The first-order valence-corrected chi connectivity index (χ1v) is 9.27. The number of carbonyl (C=O) groups is 1. The minimum Gasteiger partial charge on any atom is -0.493 e. The zero-order valence-corrected chi connectivity index (χ0v) is 15.7. The number of hydrogen-bond donors (Lipinski definition) is 0. The standard InChI is InChI=1S/C22H21N3O3/c1-27-19-9-2-3-10-20(19)28-21-14-18(23-15-24-21)16-7-6-8-17(13-16)22(26)25-11-4-5-12-25/h2-3,6-10,13-15H,4-5,11-12H2,1H3. The molecule has 3 aromatic rings. The van der Waals surface area contributed by atoms with Crippen molar-refractivity contribution in [2.45, 2.75) is 12.8 Å². The van der Waals surface area contributed by atoms with Gasteiger partial charge in [-0.3, -0.25) is 4.79 Å². The molecule has 1 amide bonds. The van der Waals surface area contributed by atoms with Crippen LogP contribution in [0.5, 0.6) is 17.4 Å². The van der Waals surface area contributed by atoms with Gasteiger partial charge in [-0.15, -0.1) is 0 Å². The number of carbonyl (C=O) groups excluding carboxylic acids is 1. The van der Waals surface area contributed by atoms with E-state index in [2.05, 4.69) is 9.97 Å². The third-order valence-electron chi connectivity index (χ3n) is 4.72. The molecule has 1 aromatic heterocycles. The van der Waals surface area contributed by atoms with E-state index < -0.39 is 0 Å². The molecule has 4 rings (SSSR count). The van der Waals surface area contributed by atoms with E-state index in [4.69, 9.17) is 9.47 Å². The average molecular weight is 375 g/mol. The van der Waals surface area contributed by atoms with Gasteiger partial charge in [0.25, 0.3) is 5.91 Å². The number of methoxy groups -OCH3 is 1. The first kappa shape index (κ1) is 18.0. The summed E-state index contributed by atoms with van der Waals surface area (Å²) in [5, 5.41) is 0. The molecule has 0 radical (unpaired) electrons. The van der Waals surface area contributed by atoms with E-state index in [9.17, 15) is 4.79 Å². The topological polar surface area (TPSA) is 64.6 Å². The minimum atomic E-state index is 0.0684. The molecule has 2 aromatic carbocycles. The number of aromatic nitrogens is 2. The summed E-state index contributed by atoms with van der Waals surface area (Å²) >= 11 is 0. The van der Waals surface area contributed by atoms with Crippen LogP contribution in [0.2, 0.25) is 0 Å². The Hall–Kier alpha value is -3.41. The molecule has 0 unspecified atom stereocenters. The molecule has 0 saturated carbocycles. The highest BCUT2D eigenvalue weighted by molar-refractivity contribution is 5.95. The van der Waals surface area contributed by atoms with E-state index in [1.165, 1.54) is 6.33 Å². The smallest absolute Gasteiger partial charge is 0.253 e. The molecular formula is C22H21N3O3. The molecule has 1 saturated heterocycles. The van der Waals surface area contributed by atoms with Crippen molar-refractivity contribution in [1.29, 1.82) is 0 Å². The van der Waals surface area contributed by atoms with Crippen LogP contribution >= 0.6 is 0 Å². The van der Waals surface area contributed by atoms with E-state index in [1.807, 2.05) is 53.4 Å². The normalized spacial score (nSPS) is 13.4.